The molecule has 0 unspecified atom stereocenters. The molecule has 0 aromatic heterocycles. The third-order valence-corrected chi connectivity index (χ3v) is 3.38. The first kappa shape index (κ1) is 15.6. The Balaban J connectivity index is 2.45. The molecule has 0 aliphatic heterocycles. The Hall–Kier alpha value is -1.44. The normalized spacial score (nSPS) is 11.6. The van der Waals surface area contributed by atoms with Crippen LogP contribution in [0.4, 0.5) is 0 Å². The lowest BCUT2D eigenvalue weighted by atomic mass is 10.1. The number of hydrogen-bond donors (Lipinski definition) is 2. The van der Waals surface area contributed by atoms with E-state index in [0.717, 1.165) is 5.56 Å². The molecule has 6 nitrogen and oxygen atoms in total. The molecule has 19 heavy (non-hydrogen) atoms. The van der Waals surface area contributed by atoms with Gasteiger partial charge in [-0.1, -0.05) is 12.1 Å². The summed E-state index contributed by atoms with van der Waals surface area (Å²) in [5.41, 5.74) is 0.942. The highest BCUT2D eigenvalue weighted by molar-refractivity contribution is 7.89. The lowest BCUT2D eigenvalue weighted by Gasteiger charge is -2.10. The standard InChI is InChI=1S/C12H19N3O3S/c1-15(2)9-12(16)14-8-7-10-3-5-11(6-4-10)19(13,17)18/h3-6H,7-9H2,1-2H3,(H,14,16)(H2,13,17,18). The zero-order valence-corrected chi connectivity index (χ0v) is 11.9. The van der Waals surface area contributed by atoms with Gasteiger partial charge in [0.2, 0.25) is 15.9 Å². The van der Waals surface area contributed by atoms with Crippen molar-refractivity contribution < 1.29 is 13.2 Å². The molecule has 106 valence electrons. The maximum absolute atomic E-state index is 11.4. The highest BCUT2D eigenvalue weighted by Gasteiger charge is 2.07. The molecule has 1 rings (SSSR count). The number of carbonyl (C=O) groups excluding carboxylic acids is 1. The van der Waals surface area contributed by atoms with Crippen molar-refractivity contribution in [2.24, 2.45) is 5.14 Å². The number of likely N-dealkylation sites (N-methyl/N-ethyl adjacent to an activating group) is 1. The number of benzene rings is 1. The largest absolute Gasteiger partial charge is 0.355 e. The second-order valence-corrected chi connectivity index (χ2v) is 6.09. The van der Waals surface area contributed by atoms with Gasteiger partial charge in [0.15, 0.2) is 0 Å². The number of nitrogens with two attached hydrogens (primary N) is 1. The summed E-state index contributed by atoms with van der Waals surface area (Å²) < 4.78 is 22.1. The summed E-state index contributed by atoms with van der Waals surface area (Å²) in [6, 6.07) is 6.31. The number of hydrogen-bond acceptors (Lipinski definition) is 4. The summed E-state index contributed by atoms with van der Waals surface area (Å²) in [7, 11) is 0.00766. The van der Waals surface area contributed by atoms with Gasteiger partial charge in [0.1, 0.15) is 0 Å². The minimum absolute atomic E-state index is 0.0360. The summed E-state index contributed by atoms with van der Waals surface area (Å²) in [4.78, 5) is 13.3. The van der Waals surface area contributed by atoms with Gasteiger partial charge < -0.3 is 10.2 Å². The van der Waals surface area contributed by atoms with Crippen LogP contribution in [0.1, 0.15) is 5.56 Å². The van der Waals surface area contributed by atoms with Gasteiger partial charge in [0.05, 0.1) is 11.4 Å². The molecule has 0 spiro atoms. The van der Waals surface area contributed by atoms with Crippen molar-refractivity contribution in [2.45, 2.75) is 11.3 Å². The van der Waals surface area contributed by atoms with Gasteiger partial charge in [-0.15, -0.1) is 0 Å². The number of nitrogens with one attached hydrogen (secondary N) is 1. The van der Waals surface area contributed by atoms with Crippen LogP contribution in [0.15, 0.2) is 29.2 Å². The molecule has 7 heteroatoms. The molecule has 1 amide bonds. The average molecular weight is 285 g/mol. The SMILES string of the molecule is CN(C)CC(=O)NCCc1ccc(S(N)(=O)=O)cc1. The molecule has 0 bridgehead atoms. The van der Waals surface area contributed by atoms with Crippen LogP contribution < -0.4 is 10.5 Å². The maximum Gasteiger partial charge on any atom is 0.238 e. The van der Waals surface area contributed by atoms with Crippen LogP contribution in [0, 0.1) is 0 Å². The van der Waals surface area contributed by atoms with Gasteiger partial charge in [0.25, 0.3) is 0 Å². The van der Waals surface area contributed by atoms with Crippen LogP contribution in [0.3, 0.4) is 0 Å². The zero-order valence-electron chi connectivity index (χ0n) is 11.1. The first-order chi connectivity index (χ1) is 8.79. The Morgan fingerprint density at radius 3 is 2.32 bits per heavy atom. The lowest BCUT2D eigenvalue weighted by Crippen LogP contribution is -2.34. The van der Waals surface area contributed by atoms with Gasteiger partial charge in [-0.3, -0.25) is 4.79 Å². The van der Waals surface area contributed by atoms with Crippen molar-refractivity contribution in [1.29, 1.82) is 0 Å². The Labute approximate surface area is 113 Å². The van der Waals surface area contributed by atoms with Gasteiger partial charge in [-0.25, -0.2) is 13.6 Å². The average Bonchev–Trinajstić information content (AvgIpc) is 2.27. The molecular weight excluding hydrogens is 266 g/mol. The van der Waals surface area contributed by atoms with E-state index in [2.05, 4.69) is 5.32 Å². The van der Waals surface area contributed by atoms with Crippen LogP contribution in [0.2, 0.25) is 0 Å². The topological polar surface area (TPSA) is 92.5 Å². The van der Waals surface area contributed by atoms with E-state index in [0.29, 0.717) is 19.5 Å². The molecule has 0 fully saturated rings. The fraction of sp³-hybridized carbons (Fsp3) is 0.417. The molecule has 0 aliphatic rings. The zero-order chi connectivity index (χ0) is 14.5. The van der Waals surface area contributed by atoms with E-state index in [1.807, 2.05) is 14.1 Å². The minimum Gasteiger partial charge on any atom is -0.355 e. The van der Waals surface area contributed by atoms with E-state index < -0.39 is 10.0 Å². The van der Waals surface area contributed by atoms with E-state index in [1.165, 1.54) is 12.1 Å². The monoisotopic (exact) mass is 285 g/mol. The predicted molar refractivity (Wildman–Crippen MR) is 73.1 cm³/mol. The van der Waals surface area contributed by atoms with Crippen molar-refractivity contribution >= 4 is 15.9 Å². The molecule has 0 heterocycles. The molecule has 0 aliphatic carbocycles. The third kappa shape index (κ3) is 5.82. The summed E-state index contributed by atoms with van der Waals surface area (Å²) in [6.07, 6.45) is 0.643. The first-order valence-electron chi connectivity index (χ1n) is 5.82. The quantitative estimate of drug-likeness (QED) is 0.740. The highest BCUT2D eigenvalue weighted by atomic mass is 32.2. The Morgan fingerprint density at radius 2 is 1.84 bits per heavy atom. The molecule has 0 radical (unpaired) electrons. The second-order valence-electron chi connectivity index (χ2n) is 4.53. The highest BCUT2D eigenvalue weighted by Crippen LogP contribution is 2.08. The molecule has 0 saturated heterocycles. The molecule has 0 atom stereocenters. The molecule has 1 aromatic rings. The van der Waals surface area contributed by atoms with E-state index in [4.69, 9.17) is 5.14 Å². The Morgan fingerprint density at radius 1 is 1.26 bits per heavy atom. The first-order valence-corrected chi connectivity index (χ1v) is 7.37. The summed E-state index contributed by atoms with van der Waals surface area (Å²) in [5, 5.41) is 7.79. The number of carbonyl (C=O) groups is 1. The van der Waals surface area contributed by atoms with Crippen molar-refractivity contribution in [3.8, 4) is 0 Å². The van der Waals surface area contributed by atoms with Gasteiger partial charge in [0, 0.05) is 6.54 Å². The van der Waals surface area contributed by atoms with E-state index in [-0.39, 0.29) is 10.8 Å². The van der Waals surface area contributed by atoms with E-state index in [9.17, 15) is 13.2 Å². The second kappa shape index (κ2) is 6.65. The minimum atomic E-state index is -3.64. The number of sulfonamides is 1. The molecular formula is C12H19N3O3S. The van der Waals surface area contributed by atoms with Crippen LogP contribution >= 0.6 is 0 Å². The van der Waals surface area contributed by atoms with Crippen LogP contribution in [-0.4, -0.2) is 46.4 Å². The van der Waals surface area contributed by atoms with E-state index >= 15 is 0 Å². The number of rotatable bonds is 6. The summed E-state index contributed by atoms with van der Waals surface area (Å²) in [5.74, 6) is -0.0360. The van der Waals surface area contributed by atoms with Gasteiger partial charge in [-0.05, 0) is 38.2 Å². The fourth-order valence-electron chi connectivity index (χ4n) is 1.54. The third-order valence-electron chi connectivity index (χ3n) is 2.45. The van der Waals surface area contributed by atoms with Crippen LogP contribution in [0.5, 0.6) is 0 Å². The Kier molecular flexibility index (Phi) is 5.46. The molecule has 1 aromatic carbocycles. The predicted octanol–water partition coefficient (Wildman–Crippen LogP) is -0.446. The number of nitrogens with zero attached hydrogens (tertiary/aromatic N) is 1. The van der Waals surface area contributed by atoms with Crippen molar-refractivity contribution in [1.82, 2.24) is 10.2 Å². The number of primary sulfonamides is 1. The number of amides is 1. The summed E-state index contributed by atoms with van der Waals surface area (Å²) in [6.45, 7) is 0.867. The maximum atomic E-state index is 11.4. The van der Waals surface area contributed by atoms with Crippen molar-refractivity contribution in [2.75, 3.05) is 27.2 Å². The van der Waals surface area contributed by atoms with Crippen LogP contribution in [0.25, 0.3) is 0 Å². The van der Waals surface area contributed by atoms with Crippen LogP contribution in [-0.2, 0) is 21.2 Å². The van der Waals surface area contributed by atoms with Gasteiger partial charge in [-0.2, -0.15) is 0 Å². The lowest BCUT2D eigenvalue weighted by molar-refractivity contribution is -0.121. The van der Waals surface area contributed by atoms with E-state index in [1.54, 1.807) is 17.0 Å². The summed E-state index contributed by atoms with van der Waals surface area (Å²) >= 11 is 0. The molecule has 3 N–H and O–H groups in total. The van der Waals surface area contributed by atoms with Crippen molar-refractivity contribution in [3.63, 3.8) is 0 Å². The molecule has 0 saturated carbocycles. The van der Waals surface area contributed by atoms with Gasteiger partial charge >= 0.3 is 0 Å². The smallest absolute Gasteiger partial charge is 0.238 e. The van der Waals surface area contributed by atoms with Crippen molar-refractivity contribution in [3.05, 3.63) is 29.8 Å². The Bertz CT molecular complexity index is 524. The fourth-order valence-corrected chi connectivity index (χ4v) is 2.05.